The Morgan fingerprint density at radius 1 is 1.33 bits per heavy atom. The van der Waals surface area contributed by atoms with Crippen molar-refractivity contribution < 1.29 is 9.59 Å². The van der Waals surface area contributed by atoms with Gasteiger partial charge in [0.1, 0.15) is 0 Å². The number of nitrogens with zero attached hydrogens (tertiary/aromatic N) is 1. The summed E-state index contributed by atoms with van der Waals surface area (Å²) in [4.78, 5) is 23.4. The minimum absolute atomic E-state index is 0.116. The van der Waals surface area contributed by atoms with Gasteiger partial charge in [0.2, 0.25) is 0 Å². The van der Waals surface area contributed by atoms with Crippen molar-refractivity contribution in [2.45, 2.75) is 4.83 Å². The van der Waals surface area contributed by atoms with Gasteiger partial charge >= 0.3 is 0 Å². The molecule has 0 saturated heterocycles. The van der Waals surface area contributed by atoms with Crippen molar-refractivity contribution in [1.82, 2.24) is 4.90 Å². The number of carbonyl (C=O) groups is 2. The lowest BCUT2D eigenvalue weighted by atomic mass is 10.4. The average molecular weight is 297 g/mol. The lowest BCUT2D eigenvalue weighted by Crippen LogP contribution is -2.35. The van der Waals surface area contributed by atoms with Crippen molar-refractivity contribution >= 4 is 43.7 Å². The fourth-order valence-electron chi connectivity index (χ4n) is 0.858. The van der Waals surface area contributed by atoms with Gasteiger partial charge in [-0.25, -0.2) is 0 Å². The molecule has 2 amide bonds. The van der Waals surface area contributed by atoms with E-state index < -0.39 is 0 Å². The minimum Gasteiger partial charge on any atom is -0.274 e. The molecule has 0 spiro atoms. The van der Waals surface area contributed by atoms with Crippen LogP contribution in [0.1, 0.15) is 0 Å². The first-order chi connectivity index (χ1) is 5.65. The summed E-state index contributed by atoms with van der Waals surface area (Å²) in [6.45, 7) is 0.413. The zero-order chi connectivity index (χ0) is 9.14. The van der Waals surface area contributed by atoms with Gasteiger partial charge in [-0.15, -0.1) is 0 Å². The molecule has 0 aromatic heterocycles. The first-order valence-electron chi connectivity index (χ1n) is 3.38. The van der Waals surface area contributed by atoms with Crippen molar-refractivity contribution in [2.24, 2.45) is 0 Å². The number of hydrogen-bond donors (Lipinski definition) is 0. The van der Waals surface area contributed by atoms with E-state index in [0.29, 0.717) is 11.9 Å². The summed E-state index contributed by atoms with van der Waals surface area (Å²) < 4.78 is 0. The fraction of sp³-hybridized carbons (Fsp3) is 0.429. The van der Waals surface area contributed by atoms with Crippen LogP contribution in [0.5, 0.6) is 0 Å². The Kier molecular flexibility index (Phi) is 3.46. The van der Waals surface area contributed by atoms with E-state index >= 15 is 0 Å². The van der Waals surface area contributed by atoms with Crippen LogP contribution in [-0.2, 0) is 9.59 Å². The Morgan fingerprint density at radius 3 is 2.25 bits per heavy atom. The molecule has 1 unspecified atom stereocenters. The highest BCUT2D eigenvalue weighted by molar-refractivity contribution is 9.12. The van der Waals surface area contributed by atoms with Gasteiger partial charge in [0, 0.05) is 28.9 Å². The molecule has 0 radical (unpaired) electrons. The molecule has 0 fully saturated rings. The third kappa shape index (κ3) is 2.17. The van der Waals surface area contributed by atoms with E-state index in [0.717, 1.165) is 0 Å². The van der Waals surface area contributed by atoms with E-state index in [1.807, 2.05) is 0 Å². The van der Waals surface area contributed by atoms with Crippen LogP contribution in [0.15, 0.2) is 12.2 Å². The third-order valence-electron chi connectivity index (χ3n) is 1.45. The molecular weight excluding hydrogens is 290 g/mol. The van der Waals surface area contributed by atoms with E-state index in [1.165, 1.54) is 17.1 Å². The molecule has 0 saturated carbocycles. The zero-order valence-corrected chi connectivity index (χ0v) is 9.34. The highest BCUT2D eigenvalue weighted by Crippen LogP contribution is 2.10. The molecule has 5 heteroatoms. The highest BCUT2D eigenvalue weighted by atomic mass is 79.9. The second-order valence-corrected chi connectivity index (χ2v) is 4.31. The van der Waals surface area contributed by atoms with Gasteiger partial charge in [0.15, 0.2) is 0 Å². The number of carbonyl (C=O) groups excluding carboxylic acids is 2. The zero-order valence-electron chi connectivity index (χ0n) is 6.17. The summed E-state index contributed by atoms with van der Waals surface area (Å²) in [5, 5.41) is 0.712. The second-order valence-electron chi connectivity index (χ2n) is 2.37. The van der Waals surface area contributed by atoms with Gasteiger partial charge in [-0.2, -0.15) is 0 Å². The van der Waals surface area contributed by atoms with Gasteiger partial charge in [-0.1, -0.05) is 31.9 Å². The van der Waals surface area contributed by atoms with Crippen molar-refractivity contribution in [3.63, 3.8) is 0 Å². The highest BCUT2D eigenvalue weighted by Gasteiger charge is 2.24. The third-order valence-corrected chi connectivity index (χ3v) is 3.71. The smallest absolute Gasteiger partial charge is 0.253 e. The molecule has 1 heterocycles. The lowest BCUT2D eigenvalue weighted by Gasteiger charge is -2.15. The van der Waals surface area contributed by atoms with Crippen molar-refractivity contribution in [3.8, 4) is 0 Å². The van der Waals surface area contributed by atoms with Crippen LogP contribution in [0.2, 0.25) is 0 Å². The summed E-state index contributed by atoms with van der Waals surface area (Å²) >= 11 is 6.57. The maximum absolute atomic E-state index is 11.0. The molecule has 3 nitrogen and oxygen atoms in total. The summed E-state index contributed by atoms with van der Waals surface area (Å²) in [5.74, 6) is -0.462. The van der Waals surface area contributed by atoms with Crippen LogP contribution < -0.4 is 0 Å². The lowest BCUT2D eigenvalue weighted by molar-refractivity contribution is -0.136. The Hall–Kier alpha value is -0.160. The number of imide groups is 1. The molecule has 0 N–H and O–H groups in total. The summed E-state index contributed by atoms with van der Waals surface area (Å²) in [5.41, 5.74) is 0. The molecule has 1 aliphatic rings. The number of hydrogen-bond acceptors (Lipinski definition) is 2. The van der Waals surface area contributed by atoms with E-state index in [1.54, 1.807) is 0 Å². The molecule has 66 valence electrons. The average Bonchev–Trinajstić information content (AvgIpc) is 2.35. The van der Waals surface area contributed by atoms with Crippen LogP contribution in [-0.4, -0.2) is 33.4 Å². The summed E-state index contributed by atoms with van der Waals surface area (Å²) in [7, 11) is 0. The van der Waals surface area contributed by atoms with E-state index in [2.05, 4.69) is 31.9 Å². The number of halogens is 2. The summed E-state index contributed by atoms with van der Waals surface area (Å²) in [6, 6.07) is 0. The van der Waals surface area contributed by atoms with Gasteiger partial charge in [-0.05, 0) is 0 Å². The van der Waals surface area contributed by atoms with Gasteiger partial charge in [-0.3, -0.25) is 14.5 Å². The Morgan fingerprint density at radius 2 is 1.83 bits per heavy atom. The Balaban J connectivity index is 2.53. The van der Waals surface area contributed by atoms with Gasteiger partial charge in [0.05, 0.1) is 0 Å². The number of alkyl halides is 2. The van der Waals surface area contributed by atoms with Crippen LogP contribution in [0, 0.1) is 0 Å². The Bertz CT molecular complexity index is 222. The van der Waals surface area contributed by atoms with E-state index in [4.69, 9.17) is 0 Å². The quantitative estimate of drug-likeness (QED) is 0.577. The van der Waals surface area contributed by atoms with Crippen LogP contribution in [0.25, 0.3) is 0 Å². The second kappa shape index (κ2) is 4.18. The molecule has 1 atom stereocenters. The maximum Gasteiger partial charge on any atom is 0.253 e. The van der Waals surface area contributed by atoms with Crippen LogP contribution in [0.3, 0.4) is 0 Å². The molecule has 1 aliphatic heterocycles. The topological polar surface area (TPSA) is 37.4 Å². The Labute approximate surface area is 87.1 Å². The normalized spacial score (nSPS) is 19.0. The predicted octanol–water partition coefficient (Wildman–Crippen LogP) is 1.07. The first-order valence-corrected chi connectivity index (χ1v) is 5.42. The number of rotatable bonds is 3. The SMILES string of the molecule is O=C1C=CC(=O)N1CC(Br)CBr. The molecule has 0 aromatic rings. The van der Waals surface area contributed by atoms with Gasteiger partial charge in [0.25, 0.3) is 11.8 Å². The monoisotopic (exact) mass is 295 g/mol. The number of amides is 2. The van der Waals surface area contributed by atoms with E-state index in [9.17, 15) is 9.59 Å². The van der Waals surface area contributed by atoms with Crippen molar-refractivity contribution in [1.29, 1.82) is 0 Å². The molecule has 0 aliphatic carbocycles. The minimum atomic E-state index is -0.231. The van der Waals surface area contributed by atoms with Gasteiger partial charge < -0.3 is 0 Å². The molecule has 12 heavy (non-hydrogen) atoms. The van der Waals surface area contributed by atoms with Crippen LogP contribution in [0.4, 0.5) is 0 Å². The van der Waals surface area contributed by atoms with Crippen LogP contribution >= 0.6 is 31.9 Å². The summed E-state index contributed by atoms with van der Waals surface area (Å²) in [6.07, 6.45) is 2.58. The largest absolute Gasteiger partial charge is 0.274 e. The van der Waals surface area contributed by atoms with Crippen molar-refractivity contribution in [3.05, 3.63) is 12.2 Å². The fourth-order valence-corrected chi connectivity index (χ4v) is 1.35. The standard InChI is InChI=1S/C7H7Br2NO2/c8-3-5(9)4-10-6(11)1-2-7(10)12/h1-2,5H,3-4H2. The molecular formula is C7H7Br2NO2. The van der Waals surface area contributed by atoms with Crippen molar-refractivity contribution in [2.75, 3.05) is 11.9 Å². The van der Waals surface area contributed by atoms with E-state index in [-0.39, 0.29) is 16.6 Å². The molecule has 0 bridgehead atoms. The molecule has 0 aromatic carbocycles. The first kappa shape index (κ1) is 9.92. The maximum atomic E-state index is 11.0. The predicted molar refractivity (Wildman–Crippen MR) is 52.4 cm³/mol. The molecule has 1 rings (SSSR count).